The number of nitrogens with zero attached hydrogens (tertiary/aromatic N) is 2. The Bertz CT molecular complexity index is 704. The summed E-state index contributed by atoms with van der Waals surface area (Å²) in [7, 11) is 0. The lowest BCUT2D eigenvalue weighted by molar-refractivity contribution is -0.134. The SMILES string of the molecule is Cc1noc(C)c1CCC(=O)N1CCCCC1Cc1ccc(F)cc1. The molecule has 2 heterocycles. The predicted molar refractivity (Wildman–Crippen MR) is 93.8 cm³/mol. The molecular weight excluding hydrogens is 319 g/mol. The summed E-state index contributed by atoms with van der Waals surface area (Å²) in [5, 5.41) is 3.95. The van der Waals surface area contributed by atoms with Crippen molar-refractivity contribution in [1.29, 1.82) is 0 Å². The Morgan fingerprint density at radius 1 is 1.28 bits per heavy atom. The lowest BCUT2D eigenvalue weighted by Crippen LogP contribution is -2.45. The molecule has 1 unspecified atom stereocenters. The molecule has 0 saturated carbocycles. The molecule has 1 aliphatic heterocycles. The van der Waals surface area contributed by atoms with Gasteiger partial charge in [-0.2, -0.15) is 0 Å². The van der Waals surface area contributed by atoms with Crippen LogP contribution in [-0.4, -0.2) is 28.6 Å². The Balaban J connectivity index is 1.63. The highest BCUT2D eigenvalue weighted by Gasteiger charge is 2.27. The molecule has 1 atom stereocenters. The van der Waals surface area contributed by atoms with Gasteiger partial charge < -0.3 is 9.42 Å². The minimum atomic E-state index is -0.222. The standard InChI is InChI=1S/C20H25FN2O2/c1-14-19(15(2)25-22-14)10-11-20(24)23-12-4-3-5-18(23)13-16-6-8-17(21)9-7-16/h6-9,18H,3-5,10-13H2,1-2H3. The van der Waals surface area contributed by atoms with Crippen LogP contribution in [0.3, 0.4) is 0 Å². The van der Waals surface area contributed by atoms with Gasteiger partial charge >= 0.3 is 0 Å². The number of piperidine rings is 1. The van der Waals surface area contributed by atoms with Crippen LogP contribution >= 0.6 is 0 Å². The van der Waals surface area contributed by atoms with Gasteiger partial charge in [0, 0.05) is 24.6 Å². The molecule has 1 saturated heterocycles. The molecule has 0 N–H and O–H groups in total. The van der Waals surface area contributed by atoms with Gasteiger partial charge in [-0.15, -0.1) is 0 Å². The van der Waals surface area contributed by atoms with E-state index in [0.29, 0.717) is 12.8 Å². The van der Waals surface area contributed by atoms with E-state index in [1.807, 2.05) is 30.9 Å². The van der Waals surface area contributed by atoms with Crippen molar-refractivity contribution in [3.63, 3.8) is 0 Å². The first-order valence-electron chi connectivity index (χ1n) is 9.00. The van der Waals surface area contributed by atoms with Gasteiger partial charge in [-0.1, -0.05) is 17.3 Å². The third-order valence-corrected chi connectivity index (χ3v) is 5.10. The van der Waals surface area contributed by atoms with E-state index in [4.69, 9.17) is 4.52 Å². The van der Waals surface area contributed by atoms with E-state index in [2.05, 4.69) is 5.16 Å². The quantitative estimate of drug-likeness (QED) is 0.824. The van der Waals surface area contributed by atoms with E-state index in [1.165, 1.54) is 12.1 Å². The van der Waals surface area contributed by atoms with Gasteiger partial charge in [0.1, 0.15) is 11.6 Å². The minimum Gasteiger partial charge on any atom is -0.361 e. The van der Waals surface area contributed by atoms with Crippen LogP contribution in [0.4, 0.5) is 4.39 Å². The minimum absolute atomic E-state index is 0.187. The number of hydrogen-bond acceptors (Lipinski definition) is 3. The molecule has 2 aromatic rings. The normalized spacial score (nSPS) is 17.7. The number of benzene rings is 1. The number of likely N-dealkylation sites (tertiary alicyclic amines) is 1. The van der Waals surface area contributed by atoms with Gasteiger partial charge in [0.05, 0.1) is 5.69 Å². The monoisotopic (exact) mass is 344 g/mol. The first-order valence-corrected chi connectivity index (χ1v) is 9.00. The van der Waals surface area contributed by atoms with E-state index in [0.717, 1.165) is 54.8 Å². The summed E-state index contributed by atoms with van der Waals surface area (Å²) >= 11 is 0. The van der Waals surface area contributed by atoms with Crippen molar-refractivity contribution in [2.45, 2.75) is 58.4 Å². The van der Waals surface area contributed by atoms with E-state index in [9.17, 15) is 9.18 Å². The molecule has 0 radical (unpaired) electrons. The molecule has 0 bridgehead atoms. The van der Waals surface area contributed by atoms with E-state index in [-0.39, 0.29) is 17.8 Å². The van der Waals surface area contributed by atoms with Crippen LogP contribution in [0.15, 0.2) is 28.8 Å². The number of amides is 1. The van der Waals surface area contributed by atoms with Crippen LogP contribution in [0.2, 0.25) is 0 Å². The molecule has 1 aromatic carbocycles. The average molecular weight is 344 g/mol. The van der Waals surface area contributed by atoms with Crippen molar-refractivity contribution in [3.05, 3.63) is 52.7 Å². The zero-order valence-corrected chi connectivity index (χ0v) is 14.9. The Hall–Kier alpha value is -2.17. The molecule has 1 aliphatic rings. The molecule has 3 rings (SSSR count). The summed E-state index contributed by atoms with van der Waals surface area (Å²) < 4.78 is 18.3. The Kier molecular flexibility index (Phi) is 5.51. The highest BCUT2D eigenvalue weighted by atomic mass is 19.1. The van der Waals surface area contributed by atoms with E-state index >= 15 is 0 Å². The summed E-state index contributed by atoms with van der Waals surface area (Å²) in [5.41, 5.74) is 2.99. The molecule has 1 amide bonds. The second kappa shape index (κ2) is 7.81. The fourth-order valence-corrected chi connectivity index (χ4v) is 3.67. The van der Waals surface area contributed by atoms with Gasteiger partial charge in [0.15, 0.2) is 0 Å². The summed E-state index contributed by atoms with van der Waals surface area (Å²) in [5.74, 6) is 0.762. The summed E-state index contributed by atoms with van der Waals surface area (Å²) in [6.07, 6.45) is 5.13. The lowest BCUT2D eigenvalue weighted by Gasteiger charge is -2.36. The summed E-state index contributed by atoms with van der Waals surface area (Å²) in [6.45, 7) is 4.61. The predicted octanol–water partition coefficient (Wildman–Crippen LogP) is 3.99. The van der Waals surface area contributed by atoms with Gasteiger partial charge in [-0.25, -0.2) is 4.39 Å². The van der Waals surface area contributed by atoms with Crippen LogP contribution in [0, 0.1) is 19.7 Å². The third-order valence-electron chi connectivity index (χ3n) is 5.10. The number of aromatic nitrogens is 1. The number of halogens is 1. The molecular formula is C20H25FN2O2. The Morgan fingerprint density at radius 2 is 2.04 bits per heavy atom. The maximum absolute atomic E-state index is 13.1. The molecule has 0 aliphatic carbocycles. The topological polar surface area (TPSA) is 46.3 Å². The first-order chi connectivity index (χ1) is 12.0. The molecule has 1 fully saturated rings. The van der Waals surface area contributed by atoms with Crippen molar-refractivity contribution in [3.8, 4) is 0 Å². The molecule has 25 heavy (non-hydrogen) atoms. The summed E-state index contributed by atoms with van der Waals surface area (Å²) in [4.78, 5) is 14.8. The van der Waals surface area contributed by atoms with Crippen LogP contribution in [0.25, 0.3) is 0 Å². The van der Waals surface area contributed by atoms with E-state index < -0.39 is 0 Å². The van der Waals surface area contributed by atoms with Crippen LogP contribution in [0.1, 0.15) is 48.3 Å². The summed E-state index contributed by atoms with van der Waals surface area (Å²) in [6, 6.07) is 6.81. The van der Waals surface area contributed by atoms with Gasteiger partial charge in [-0.05, 0) is 63.6 Å². The van der Waals surface area contributed by atoms with Crippen LogP contribution in [0.5, 0.6) is 0 Å². The molecule has 0 spiro atoms. The lowest BCUT2D eigenvalue weighted by atomic mass is 9.95. The van der Waals surface area contributed by atoms with Crippen molar-refractivity contribution >= 4 is 5.91 Å². The Morgan fingerprint density at radius 3 is 2.72 bits per heavy atom. The van der Waals surface area contributed by atoms with E-state index in [1.54, 1.807) is 0 Å². The zero-order chi connectivity index (χ0) is 17.8. The highest BCUT2D eigenvalue weighted by molar-refractivity contribution is 5.77. The smallest absolute Gasteiger partial charge is 0.223 e. The number of rotatable bonds is 5. The van der Waals surface area contributed by atoms with Crippen molar-refractivity contribution in [2.75, 3.05) is 6.54 Å². The zero-order valence-electron chi connectivity index (χ0n) is 14.9. The van der Waals surface area contributed by atoms with Gasteiger partial charge in [0.25, 0.3) is 0 Å². The highest BCUT2D eigenvalue weighted by Crippen LogP contribution is 2.23. The van der Waals surface area contributed by atoms with Crippen LogP contribution in [-0.2, 0) is 17.6 Å². The third kappa shape index (κ3) is 4.27. The fraction of sp³-hybridized carbons (Fsp3) is 0.500. The molecule has 4 nitrogen and oxygen atoms in total. The maximum Gasteiger partial charge on any atom is 0.223 e. The second-order valence-corrected chi connectivity index (χ2v) is 6.87. The molecule has 5 heteroatoms. The average Bonchev–Trinajstić information content (AvgIpc) is 2.93. The maximum atomic E-state index is 13.1. The Labute approximate surface area is 148 Å². The number of aryl methyl sites for hydroxylation is 2. The fourth-order valence-electron chi connectivity index (χ4n) is 3.67. The largest absolute Gasteiger partial charge is 0.361 e. The first kappa shape index (κ1) is 17.6. The van der Waals surface area contributed by atoms with Crippen LogP contribution < -0.4 is 0 Å². The van der Waals surface area contributed by atoms with Crippen molar-refractivity contribution < 1.29 is 13.7 Å². The van der Waals surface area contributed by atoms with Gasteiger partial charge in [0.2, 0.25) is 5.91 Å². The second-order valence-electron chi connectivity index (χ2n) is 6.87. The number of carbonyl (C=O) groups is 1. The van der Waals surface area contributed by atoms with Crippen molar-refractivity contribution in [1.82, 2.24) is 10.1 Å². The number of carbonyl (C=O) groups excluding carboxylic acids is 1. The molecule has 134 valence electrons. The number of hydrogen-bond donors (Lipinski definition) is 0. The molecule has 1 aromatic heterocycles. The van der Waals surface area contributed by atoms with Crippen molar-refractivity contribution in [2.24, 2.45) is 0 Å². The van der Waals surface area contributed by atoms with Gasteiger partial charge in [-0.3, -0.25) is 4.79 Å².